The fourth-order valence-corrected chi connectivity index (χ4v) is 3.51. The summed E-state index contributed by atoms with van der Waals surface area (Å²) in [6, 6.07) is 8.89. The second kappa shape index (κ2) is 5.45. The van der Waals surface area contributed by atoms with Crippen molar-refractivity contribution < 1.29 is 0 Å². The summed E-state index contributed by atoms with van der Waals surface area (Å²) in [6.45, 7) is 12.9. The van der Waals surface area contributed by atoms with Crippen molar-refractivity contribution in [2.24, 2.45) is 5.64 Å². The minimum atomic E-state index is -0.0452. The summed E-state index contributed by atoms with van der Waals surface area (Å²) in [5.41, 5.74) is 16.9. The third-order valence-electron chi connectivity index (χ3n) is 4.10. The zero-order valence-corrected chi connectivity index (χ0v) is 13.5. The summed E-state index contributed by atoms with van der Waals surface area (Å²) in [5.74, 6) is 0. The fourth-order valence-electron chi connectivity index (χ4n) is 3.51. The zero-order chi connectivity index (χ0) is 15.0. The molecule has 2 N–H and O–H groups in total. The highest BCUT2D eigenvalue weighted by atomic mass is 14.4. The number of aryl methyl sites for hydroxylation is 6. The predicted molar refractivity (Wildman–Crippen MR) is 90.5 cm³/mol. The van der Waals surface area contributed by atoms with Gasteiger partial charge < -0.3 is 5.64 Å². The van der Waals surface area contributed by atoms with Gasteiger partial charge in [0.1, 0.15) is 0 Å². The Morgan fingerprint density at radius 2 is 0.850 bits per heavy atom. The van der Waals surface area contributed by atoms with E-state index in [1.54, 1.807) is 0 Å². The molecule has 0 radical (unpaired) electrons. The molecule has 0 saturated carbocycles. The first-order chi connectivity index (χ1) is 9.31. The first-order valence-corrected chi connectivity index (χ1v) is 7.22. The molecule has 0 atom stereocenters. The van der Waals surface area contributed by atoms with E-state index in [9.17, 15) is 0 Å². The summed E-state index contributed by atoms with van der Waals surface area (Å²) in [7, 11) is 0. The molecule has 0 heterocycles. The first-order valence-electron chi connectivity index (χ1n) is 7.22. The van der Waals surface area contributed by atoms with Gasteiger partial charge in [0, 0.05) is 0 Å². The van der Waals surface area contributed by atoms with Crippen LogP contribution in [0.1, 0.15) is 33.4 Å². The molecule has 2 aromatic rings. The molecule has 20 heavy (non-hydrogen) atoms. The van der Waals surface area contributed by atoms with Crippen LogP contribution in [0.4, 0.5) is 0 Å². The molecule has 104 valence electrons. The van der Waals surface area contributed by atoms with E-state index in [1.807, 2.05) is 0 Å². The van der Waals surface area contributed by atoms with Crippen LogP contribution < -0.4 is 16.6 Å². The quantitative estimate of drug-likeness (QED) is 0.830. The molecule has 0 aliphatic heterocycles. The van der Waals surface area contributed by atoms with Gasteiger partial charge in [-0.05, 0) is 41.5 Å². The third kappa shape index (κ3) is 2.66. The van der Waals surface area contributed by atoms with Crippen LogP contribution >= 0.6 is 0 Å². The lowest BCUT2D eigenvalue weighted by atomic mass is 9.48. The molecule has 0 spiro atoms. The lowest BCUT2D eigenvalue weighted by Gasteiger charge is -2.20. The molecule has 0 saturated heterocycles. The SMILES string of the molecule is Cc1cc(C)c(B(N)c2c(C)cc(C)cc2C)c(C)c1. The van der Waals surface area contributed by atoms with Gasteiger partial charge in [-0.1, -0.05) is 68.6 Å². The summed E-state index contributed by atoms with van der Waals surface area (Å²) >= 11 is 0. The second-order valence-corrected chi connectivity index (χ2v) is 6.10. The topological polar surface area (TPSA) is 26.0 Å². The van der Waals surface area contributed by atoms with Crippen molar-refractivity contribution in [3.8, 4) is 0 Å². The maximum absolute atomic E-state index is 6.62. The van der Waals surface area contributed by atoms with Crippen LogP contribution in [0.25, 0.3) is 0 Å². The Kier molecular flexibility index (Phi) is 4.05. The molecule has 0 fully saturated rings. The minimum absolute atomic E-state index is 0.0452. The molecule has 2 rings (SSSR count). The number of hydrogen-bond donors (Lipinski definition) is 1. The summed E-state index contributed by atoms with van der Waals surface area (Å²) in [5, 5.41) is 0. The van der Waals surface area contributed by atoms with Gasteiger partial charge in [0.25, 0.3) is 6.85 Å². The standard InChI is InChI=1S/C18H24BN/c1-11-7-13(3)17(14(4)8-11)19(20)18-15(5)9-12(2)10-16(18)6/h7-10H,20H2,1-6H3. The van der Waals surface area contributed by atoms with E-state index in [-0.39, 0.29) is 6.85 Å². The van der Waals surface area contributed by atoms with E-state index in [1.165, 1.54) is 44.3 Å². The number of benzene rings is 2. The molecular formula is C18H24BN. The molecule has 0 amide bonds. The number of rotatable bonds is 2. The van der Waals surface area contributed by atoms with Crippen LogP contribution in [0, 0.1) is 41.5 Å². The van der Waals surface area contributed by atoms with E-state index in [4.69, 9.17) is 5.64 Å². The van der Waals surface area contributed by atoms with Crippen molar-refractivity contribution in [3.63, 3.8) is 0 Å². The average Bonchev–Trinajstić information content (AvgIpc) is 2.25. The Morgan fingerprint density at radius 3 is 1.10 bits per heavy atom. The van der Waals surface area contributed by atoms with Crippen molar-refractivity contribution in [2.45, 2.75) is 41.5 Å². The molecule has 0 aliphatic carbocycles. The van der Waals surface area contributed by atoms with E-state index in [0.29, 0.717) is 0 Å². The Balaban J connectivity index is 2.61. The lowest BCUT2D eigenvalue weighted by molar-refractivity contribution is 1.33. The van der Waals surface area contributed by atoms with Gasteiger partial charge in [-0.3, -0.25) is 0 Å². The van der Waals surface area contributed by atoms with Gasteiger partial charge in [0.2, 0.25) is 0 Å². The Morgan fingerprint density at radius 1 is 0.600 bits per heavy atom. The number of nitrogens with two attached hydrogens (primary N) is 1. The van der Waals surface area contributed by atoms with E-state index < -0.39 is 0 Å². The molecule has 0 aromatic heterocycles. The second-order valence-electron chi connectivity index (χ2n) is 6.10. The Labute approximate surface area is 123 Å². The Hall–Kier alpha value is -1.54. The van der Waals surface area contributed by atoms with Crippen molar-refractivity contribution in [1.29, 1.82) is 0 Å². The molecule has 2 aromatic carbocycles. The van der Waals surface area contributed by atoms with Crippen molar-refractivity contribution in [2.75, 3.05) is 0 Å². The first kappa shape index (κ1) is 14.9. The maximum atomic E-state index is 6.62. The monoisotopic (exact) mass is 265 g/mol. The Bertz CT molecular complexity index is 555. The van der Waals surface area contributed by atoms with Crippen molar-refractivity contribution >= 4 is 17.8 Å². The fraction of sp³-hybridized carbons (Fsp3) is 0.333. The molecular weight excluding hydrogens is 241 g/mol. The smallest absolute Gasteiger partial charge is 0.287 e. The van der Waals surface area contributed by atoms with E-state index >= 15 is 0 Å². The molecule has 1 nitrogen and oxygen atoms in total. The number of hydrogen-bond acceptors (Lipinski definition) is 1. The lowest BCUT2D eigenvalue weighted by Crippen LogP contribution is -2.54. The van der Waals surface area contributed by atoms with Gasteiger partial charge >= 0.3 is 0 Å². The van der Waals surface area contributed by atoms with Crippen molar-refractivity contribution in [1.82, 2.24) is 0 Å². The third-order valence-corrected chi connectivity index (χ3v) is 4.10. The summed E-state index contributed by atoms with van der Waals surface area (Å²) in [4.78, 5) is 0. The largest absolute Gasteiger partial charge is 0.362 e. The summed E-state index contributed by atoms with van der Waals surface area (Å²) in [6.07, 6.45) is 0. The molecule has 0 unspecified atom stereocenters. The van der Waals surface area contributed by atoms with Crippen LogP contribution in [0.2, 0.25) is 0 Å². The van der Waals surface area contributed by atoms with E-state index in [0.717, 1.165) is 0 Å². The van der Waals surface area contributed by atoms with Gasteiger partial charge in [0.15, 0.2) is 0 Å². The highest BCUT2D eigenvalue weighted by molar-refractivity contribution is 6.83. The van der Waals surface area contributed by atoms with Crippen LogP contribution in [-0.4, -0.2) is 6.85 Å². The van der Waals surface area contributed by atoms with Gasteiger partial charge in [-0.15, -0.1) is 0 Å². The average molecular weight is 265 g/mol. The minimum Gasteiger partial charge on any atom is -0.362 e. The zero-order valence-electron chi connectivity index (χ0n) is 13.5. The predicted octanol–water partition coefficient (Wildman–Crippen LogP) is 2.60. The van der Waals surface area contributed by atoms with Crippen LogP contribution in [0.3, 0.4) is 0 Å². The highest BCUT2D eigenvalue weighted by Gasteiger charge is 2.22. The maximum Gasteiger partial charge on any atom is 0.287 e. The molecule has 0 aliphatic rings. The summed E-state index contributed by atoms with van der Waals surface area (Å²) < 4.78 is 0. The van der Waals surface area contributed by atoms with Gasteiger partial charge in [-0.2, -0.15) is 0 Å². The van der Waals surface area contributed by atoms with Gasteiger partial charge in [0.05, 0.1) is 0 Å². The van der Waals surface area contributed by atoms with Crippen LogP contribution in [0.5, 0.6) is 0 Å². The molecule has 0 bridgehead atoms. The van der Waals surface area contributed by atoms with Crippen LogP contribution in [-0.2, 0) is 0 Å². The normalized spacial score (nSPS) is 10.8. The van der Waals surface area contributed by atoms with E-state index in [2.05, 4.69) is 65.8 Å². The van der Waals surface area contributed by atoms with Gasteiger partial charge in [-0.25, -0.2) is 0 Å². The van der Waals surface area contributed by atoms with Crippen molar-refractivity contribution in [3.05, 3.63) is 57.6 Å². The molecule has 2 heteroatoms. The highest BCUT2D eigenvalue weighted by Crippen LogP contribution is 2.10. The van der Waals surface area contributed by atoms with Crippen LogP contribution in [0.15, 0.2) is 24.3 Å².